The van der Waals surface area contributed by atoms with Gasteiger partial charge in [0, 0.05) is 29.5 Å². The normalized spacial score (nSPS) is 10.2. The maximum absolute atomic E-state index is 11.8. The summed E-state index contributed by atoms with van der Waals surface area (Å²) in [7, 11) is 0. The number of hydrogen-bond acceptors (Lipinski definition) is 4. The van der Waals surface area contributed by atoms with Crippen molar-refractivity contribution in [2.75, 3.05) is 5.32 Å². The van der Waals surface area contributed by atoms with Crippen molar-refractivity contribution in [2.45, 2.75) is 19.8 Å². The maximum atomic E-state index is 11.8. The van der Waals surface area contributed by atoms with Crippen LogP contribution in [0.1, 0.15) is 28.1 Å². The van der Waals surface area contributed by atoms with Crippen LogP contribution in [0.15, 0.2) is 36.5 Å². The molecule has 2 rings (SSSR count). The number of nitrogens with zero attached hydrogens (tertiary/aromatic N) is 1. The Bertz CT molecular complexity index is 578. The van der Waals surface area contributed by atoms with Crippen molar-refractivity contribution >= 4 is 28.2 Å². The lowest BCUT2D eigenvalue weighted by Crippen LogP contribution is -2.13. The van der Waals surface area contributed by atoms with Crippen molar-refractivity contribution in [2.24, 2.45) is 0 Å². The van der Waals surface area contributed by atoms with Gasteiger partial charge in [0.15, 0.2) is 10.9 Å². The molecule has 1 heterocycles. The van der Waals surface area contributed by atoms with Gasteiger partial charge < -0.3 is 5.32 Å². The summed E-state index contributed by atoms with van der Waals surface area (Å²) in [6.45, 7) is 1.92. The Hall–Kier alpha value is -2.01. The van der Waals surface area contributed by atoms with Crippen molar-refractivity contribution in [1.82, 2.24) is 4.98 Å². The number of anilines is 1. The van der Waals surface area contributed by atoms with E-state index in [0.29, 0.717) is 10.7 Å². The van der Waals surface area contributed by atoms with Gasteiger partial charge in [0.05, 0.1) is 0 Å². The Balaban J connectivity index is 1.82. The molecule has 0 spiro atoms. The molecule has 5 heteroatoms. The number of aromatic nitrogens is 1. The van der Waals surface area contributed by atoms with E-state index in [4.69, 9.17) is 0 Å². The standard InChI is InChI=1S/C14H14N2O2S/c1-10-9-15-14(19-10)16-13(18)8-7-12(17)11-5-3-2-4-6-11/h2-6,9H,7-8H2,1H3,(H,15,16,18). The minimum absolute atomic E-state index is 0.0222. The molecule has 19 heavy (non-hydrogen) atoms. The summed E-state index contributed by atoms with van der Waals surface area (Å²) in [6.07, 6.45) is 2.09. The number of nitrogens with one attached hydrogen (secondary N) is 1. The molecule has 0 saturated carbocycles. The van der Waals surface area contributed by atoms with E-state index in [1.807, 2.05) is 25.1 Å². The second-order valence-corrected chi connectivity index (χ2v) is 5.35. The number of rotatable bonds is 5. The molecule has 0 unspecified atom stereocenters. The molecule has 1 amide bonds. The Labute approximate surface area is 115 Å². The fraction of sp³-hybridized carbons (Fsp3) is 0.214. The Morgan fingerprint density at radius 1 is 1.21 bits per heavy atom. The first-order valence-corrected chi connectivity index (χ1v) is 6.77. The van der Waals surface area contributed by atoms with Gasteiger partial charge in [-0.3, -0.25) is 9.59 Å². The van der Waals surface area contributed by atoms with E-state index in [-0.39, 0.29) is 24.5 Å². The molecule has 0 saturated heterocycles. The summed E-state index contributed by atoms with van der Waals surface area (Å²) in [6, 6.07) is 8.99. The lowest BCUT2D eigenvalue weighted by molar-refractivity contribution is -0.116. The molecular weight excluding hydrogens is 260 g/mol. The zero-order valence-electron chi connectivity index (χ0n) is 10.6. The molecule has 4 nitrogen and oxygen atoms in total. The average molecular weight is 274 g/mol. The molecule has 2 aromatic rings. The number of aryl methyl sites for hydroxylation is 1. The summed E-state index contributed by atoms with van der Waals surface area (Å²) in [5.41, 5.74) is 0.639. The third-order valence-corrected chi connectivity index (χ3v) is 3.37. The molecule has 1 aromatic carbocycles. The van der Waals surface area contributed by atoms with E-state index in [1.165, 1.54) is 11.3 Å². The quantitative estimate of drug-likeness (QED) is 0.852. The molecule has 0 aliphatic carbocycles. The Morgan fingerprint density at radius 2 is 1.95 bits per heavy atom. The van der Waals surface area contributed by atoms with Crippen molar-refractivity contribution in [3.8, 4) is 0 Å². The van der Waals surface area contributed by atoms with Crippen molar-refractivity contribution in [3.05, 3.63) is 47.0 Å². The molecule has 1 aromatic heterocycles. The van der Waals surface area contributed by atoms with Crippen LogP contribution in [-0.2, 0) is 4.79 Å². The zero-order valence-corrected chi connectivity index (χ0v) is 11.4. The Morgan fingerprint density at radius 3 is 2.58 bits per heavy atom. The van der Waals surface area contributed by atoms with E-state index in [0.717, 1.165) is 4.88 Å². The number of carbonyl (C=O) groups is 2. The highest BCUT2D eigenvalue weighted by molar-refractivity contribution is 7.15. The van der Waals surface area contributed by atoms with Gasteiger partial charge in [-0.15, -0.1) is 11.3 Å². The third kappa shape index (κ3) is 3.99. The second-order valence-electron chi connectivity index (χ2n) is 4.11. The summed E-state index contributed by atoms with van der Waals surface area (Å²) in [5, 5.41) is 3.26. The molecule has 0 atom stereocenters. The van der Waals surface area contributed by atoms with Crippen LogP contribution in [0.2, 0.25) is 0 Å². The van der Waals surface area contributed by atoms with Gasteiger partial charge in [0.1, 0.15) is 0 Å². The highest BCUT2D eigenvalue weighted by Gasteiger charge is 2.10. The summed E-state index contributed by atoms with van der Waals surface area (Å²) < 4.78 is 0. The van der Waals surface area contributed by atoms with Gasteiger partial charge in [0.25, 0.3) is 0 Å². The van der Waals surface area contributed by atoms with Crippen molar-refractivity contribution in [3.63, 3.8) is 0 Å². The van der Waals surface area contributed by atoms with Crippen LogP contribution in [0.4, 0.5) is 5.13 Å². The molecule has 0 fully saturated rings. The lowest BCUT2D eigenvalue weighted by atomic mass is 10.1. The van der Waals surface area contributed by atoms with Gasteiger partial charge in [-0.2, -0.15) is 0 Å². The first-order valence-electron chi connectivity index (χ1n) is 5.95. The fourth-order valence-corrected chi connectivity index (χ4v) is 2.27. The molecule has 98 valence electrons. The van der Waals surface area contributed by atoms with E-state index in [9.17, 15) is 9.59 Å². The summed E-state index contributed by atoms with van der Waals surface area (Å²) >= 11 is 1.42. The molecule has 0 bridgehead atoms. The van der Waals surface area contributed by atoms with E-state index in [2.05, 4.69) is 10.3 Å². The Kier molecular flexibility index (Phi) is 4.41. The molecule has 0 aliphatic rings. The van der Waals surface area contributed by atoms with E-state index in [1.54, 1.807) is 18.3 Å². The molecule has 0 aliphatic heterocycles. The monoisotopic (exact) mass is 274 g/mol. The van der Waals surface area contributed by atoms with Crippen molar-refractivity contribution < 1.29 is 9.59 Å². The average Bonchev–Trinajstić information content (AvgIpc) is 2.82. The van der Waals surface area contributed by atoms with Crippen LogP contribution < -0.4 is 5.32 Å². The van der Waals surface area contributed by atoms with Gasteiger partial charge in [-0.25, -0.2) is 4.98 Å². The molecule has 1 N–H and O–H groups in total. The lowest BCUT2D eigenvalue weighted by Gasteiger charge is -2.01. The molecular formula is C14H14N2O2S. The highest BCUT2D eigenvalue weighted by Crippen LogP contribution is 2.16. The van der Waals surface area contributed by atoms with Crippen LogP contribution in [-0.4, -0.2) is 16.7 Å². The minimum atomic E-state index is -0.182. The largest absolute Gasteiger partial charge is 0.302 e. The van der Waals surface area contributed by atoms with Crippen LogP contribution in [0.3, 0.4) is 0 Å². The topological polar surface area (TPSA) is 59.1 Å². The van der Waals surface area contributed by atoms with Crippen LogP contribution in [0, 0.1) is 6.92 Å². The number of thiazole rings is 1. The highest BCUT2D eigenvalue weighted by atomic mass is 32.1. The number of Topliss-reactive ketones (excluding diaryl/α,β-unsaturated/α-hetero) is 1. The fourth-order valence-electron chi connectivity index (χ4n) is 1.59. The number of carbonyl (C=O) groups excluding carboxylic acids is 2. The van der Waals surface area contributed by atoms with Gasteiger partial charge in [-0.05, 0) is 6.92 Å². The van der Waals surface area contributed by atoms with Gasteiger partial charge in [-0.1, -0.05) is 30.3 Å². The number of amides is 1. The molecule has 0 radical (unpaired) electrons. The van der Waals surface area contributed by atoms with Crippen LogP contribution in [0.5, 0.6) is 0 Å². The maximum Gasteiger partial charge on any atom is 0.226 e. The van der Waals surface area contributed by atoms with Crippen molar-refractivity contribution in [1.29, 1.82) is 0 Å². The van der Waals surface area contributed by atoms with E-state index >= 15 is 0 Å². The minimum Gasteiger partial charge on any atom is -0.302 e. The SMILES string of the molecule is Cc1cnc(NC(=O)CCC(=O)c2ccccc2)s1. The smallest absolute Gasteiger partial charge is 0.226 e. The number of ketones is 1. The van der Waals surface area contributed by atoms with Crippen LogP contribution >= 0.6 is 11.3 Å². The third-order valence-electron chi connectivity index (χ3n) is 2.54. The first kappa shape index (κ1) is 13.4. The first-order chi connectivity index (χ1) is 9.15. The summed E-state index contributed by atoms with van der Waals surface area (Å²) in [4.78, 5) is 28.6. The number of hydrogen-bond donors (Lipinski definition) is 1. The van der Waals surface area contributed by atoms with E-state index < -0.39 is 0 Å². The zero-order chi connectivity index (χ0) is 13.7. The summed E-state index contributed by atoms with van der Waals surface area (Å²) in [5.74, 6) is -0.204. The van der Waals surface area contributed by atoms with Gasteiger partial charge in [0.2, 0.25) is 5.91 Å². The predicted octanol–water partition coefficient (Wildman–Crippen LogP) is 3.05. The van der Waals surface area contributed by atoms with Gasteiger partial charge >= 0.3 is 0 Å². The second kappa shape index (κ2) is 6.24. The number of benzene rings is 1. The van der Waals surface area contributed by atoms with Crippen LogP contribution in [0.25, 0.3) is 0 Å². The predicted molar refractivity (Wildman–Crippen MR) is 75.5 cm³/mol.